The van der Waals surface area contributed by atoms with Crippen LogP contribution in [0, 0.1) is 13.8 Å². The first-order chi connectivity index (χ1) is 15.9. The van der Waals surface area contributed by atoms with Crippen LogP contribution < -0.4 is 10.6 Å². The summed E-state index contributed by atoms with van der Waals surface area (Å²) in [5.74, 6) is 0.465. The summed E-state index contributed by atoms with van der Waals surface area (Å²) in [4.78, 5) is 26.5. The SMILES string of the molecule is Cc1cc(C)nc(Nc2ccc(C(=O)Nc3nc4scc(-c5ccc(Cl)cc5)n4n3)cc2)n1. The average molecular weight is 476 g/mol. The fraction of sp³-hybridized carbons (Fsp3) is 0.0870. The fourth-order valence-corrected chi connectivity index (χ4v) is 4.30. The number of halogens is 1. The monoisotopic (exact) mass is 475 g/mol. The topological polar surface area (TPSA) is 97.1 Å². The van der Waals surface area contributed by atoms with Crippen molar-refractivity contribution in [1.82, 2.24) is 24.6 Å². The Morgan fingerprint density at radius 2 is 1.64 bits per heavy atom. The number of carbonyl (C=O) groups excluding carboxylic acids is 1. The number of thiazole rings is 1. The molecule has 3 aromatic heterocycles. The lowest BCUT2D eigenvalue weighted by atomic mass is 10.2. The van der Waals surface area contributed by atoms with Crippen molar-refractivity contribution < 1.29 is 4.79 Å². The van der Waals surface area contributed by atoms with Crippen LogP contribution in [0.15, 0.2) is 60.0 Å². The second-order valence-electron chi connectivity index (χ2n) is 7.39. The number of carbonyl (C=O) groups is 1. The van der Waals surface area contributed by atoms with E-state index in [4.69, 9.17) is 11.6 Å². The quantitative estimate of drug-likeness (QED) is 0.347. The van der Waals surface area contributed by atoms with Gasteiger partial charge in [0.2, 0.25) is 10.9 Å². The molecule has 0 aliphatic carbocycles. The van der Waals surface area contributed by atoms with Gasteiger partial charge in [-0.15, -0.1) is 16.4 Å². The maximum absolute atomic E-state index is 12.7. The Balaban J connectivity index is 1.30. The minimum absolute atomic E-state index is 0.243. The summed E-state index contributed by atoms with van der Waals surface area (Å²) in [5.41, 5.74) is 4.87. The Bertz CT molecular complexity index is 1440. The van der Waals surface area contributed by atoms with Crippen LogP contribution in [0.25, 0.3) is 16.2 Å². The zero-order valence-corrected chi connectivity index (χ0v) is 19.3. The van der Waals surface area contributed by atoms with Crippen molar-refractivity contribution >= 4 is 51.4 Å². The molecule has 0 atom stereocenters. The van der Waals surface area contributed by atoms with Gasteiger partial charge in [0.1, 0.15) is 0 Å². The van der Waals surface area contributed by atoms with Crippen molar-refractivity contribution in [3.05, 3.63) is 82.0 Å². The lowest BCUT2D eigenvalue weighted by Crippen LogP contribution is -2.13. The van der Waals surface area contributed by atoms with Crippen molar-refractivity contribution in [1.29, 1.82) is 0 Å². The summed E-state index contributed by atoms with van der Waals surface area (Å²) >= 11 is 7.43. The first-order valence-corrected chi connectivity index (χ1v) is 11.3. The van der Waals surface area contributed by atoms with Crippen LogP contribution in [0.4, 0.5) is 17.6 Å². The molecule has 0 aliphatic rings. The Hall–Kier alpha value is -3.82. The van der Waals surface area contributed by atoms with E-state index in [1.54, 1.807) is 28.8 Å². The normalized spacial score (nSPS) is 11.0. The van der Waals surface area contributed by atoms with Crippen LogP contribution in [0.1, 0.15) is 21.7 Å². The van der Waals surface area contributed by atoms with Crippen LogP contribution >= 0.6 is 22.9 Å². The third-order valence-electron chi connectivity index (χ3n) is 4.83. The maximum atomic E-state index is 12.7. The molecule has 0 saturated carbocycles. The van der Waals surface area contributed by atoms with E-state index in [9.17, 15) is 4.79 Å². The van der Waals surface area contributed by atoms with Gasteiger partial charge in [0, 0.05) is 38.6 Å². The summed E-state index contributed by atoms with van der Waals surface area (Å²) in [6.07, 6.45) is 0. The van der Waals surface area contributed by atoms with Gasteiger partial charge in [-0.2, -0.15) is 4.98 Å². The maximum Gasteiger partial charge on any atom is 0.258 e. The number of fused-ring (bicyclic) bond motifs is 1. The Labute approximate surface area is 198 Å². The van der Waals surface area contributed by atoms with E-state index in [1.807, 2.05) is 49.6 Å². The van der Waals surface area contributed by atoms with E-state index in [2.05, 4.69) is 30.7 Å². The lowest BCUT2D eigenvalue weighted by Gasteiger charge is -2.07. The van der Waals surface area contributed by atoms with Gasteiger partial charge in [-0.3, -0.25) is 10.1 Å². The number of anilines is 3. The van der Waals surface area contributed by atoms with Gasteiger partial charge in [-0.1, -0.05) is 23.7 Å². The number of amides is 1. The summed E-state index contributed by atoms with van der Waals surface area (Å²) in [5, 5.41) is 13.0. The lowest BCUT2D eigenvalue weighted by molar-refractivity contribution is 0.102. The molecule has 0 radical (unpaired) electrons. The Morgan fingerprint density at radius 3 is 2.33 bits per heavy atom. The van der Waals surface area contributed by atoms with Crippen LogP contribution in [0.5, 0.6) is 0 Å². The molecule has 0 fully saturated rings. The van der Waals surface area contributed by atoms with Gasteiger partial charge < -0.3 is 5.32 Å². The predicted molar refractivity (Wildman–Crippen MR) is 130 cm³/mol. The number of aromatic nitrogens is 5. The van der Waals surface area contributed by atoms with E-state index < -0.39 is 0 Å². The van der Waals surface area contributed by atoms with Crippen LogP contribution in [0.2, 0.25) is 5.02 Å². The second kappa shape index (κ2) is 8.61. The Morgan fingerprint density at radius 1 is 0.939 bits per heavy atom. The molecule has 0 unspecified atom stereocenters. The minimum Gasteiger partial charge on any atom is -0.324 e. The molecule has 0 spiro atoms. The number of benzene rings is 2. The van der Waals surface area contributed by atoms with Gasteiger partial charge in [0.25, 0.3) is 11.9 Å². The highest BCUT2D eigenvalue weighted by Gasteiger charge is 2.14. The van der Waals surface area contributed by atoms with Crippen LogP contribution in [-0.2, 0) is 0 Å². The molecular weight excluding hydrogens is 458 g/mol. The number of rotatable bonds is 5. The zero-order valence-electron chi connectivity index (χ0n) is 17.7. The van der Waals surface area contributed by atoms with E-state index >= 15 is 0 Å². The van der Waals surface area contributed by atoms with Crippen molar-refractivity contribution in [3.63, 3.8) is 0 Å². The molecule has 2 N–H and O–H groups in total. The molecule has 0 aliphatic heterocycles. The largest absolute Gasteiger partial charge is 0.324 e. The number of aryl methyl sites for hydroxylation is 2. The van der Waals surface area contributed by atoms with Crippen LogP contribution in [-0.4, -0.2) is 30.5 Å². The van der Waals surface area contributed by atoms with E-state index in [0.29, 0.717) is 21.5 Å². The molecule has 8 nitrogen and oxygen atoms in total. The minimum atomic E-state index is -0.296. The highest BCUT2D eigenvalue weighted by Crippen LogP contribution is 2.27. The first kappa shape index (κ1) is 21.0. The summed E-state index contributed by atoms with van der Waals surface area (Å²) in [6.45, 7) is 3.83. The van der Waals surface area contributed by atoms with E-state index in [1.165, 1.54) is 11.3 Å². The Kier molecular flexibility index (Phi) is 5.49. The van der Waals surface area contributed by atoms with E-state index in [0.717, 1.165) is 28.3 Å². The second-order valence-corrected chi connectivity index (χ2v) is 8.66. The number of nitrogens with zero attached hydrogens (tertiary/aromatic N) is 5. The highest BCUT2D eigenvalue weighted by molar-refractivity contribution is 7.15. The van der Waals surface area contributed by atoms with Gasteiger partial charge in [0.15, 0.2) is 0 Å². The molecule has 164 valence electrons. The van der Waals surface area contributed by atoms with Gasteiger partial charge in [-0.25, -0.2) is 14.5 Å². The first-order valence-electron chi connectivity index (χ1n) is 10.1. The molecule has 2 aromatic carbocycles. The molecule has 10 heteroatoms. The van der Waals surface area contributed by atoms with E-state index in [-0.39, 0.29) is 11.9 Å². The highest BCUT2D eigenvalue weighted by atomic mass is 35.5. The molecule has 3 heterocycles. The molecule has 5 aromatic rings. The number of nitrogens with one attached hydrogen (secondary N) is 2. The predicted octanol–water partition coefficient (Wildman–Crippen LogP) is 5.51. The fourth-order valence-electron chi connectivity index (χ4n) is 3.34. The van der Waals surface area contributed by atoms with Crippen molar-refractivity contribution in [2.75, 3.05) is 10.6 Å². The summed E-state index contributed by atoms with van der Waals surface area (Å²) in [7, 11) is 0. The average Bonchev–Trinajstić information content (AvgIpc) is 3.34. The van der Waals surface area contributed by atoms with Crippen molar-refractivity contribution in [3.8, 4) is 11.3 Å². The molecule has 0 bridgehead atoms. The summed E-state index contributed by atoms with van der Waals surface area (Å²) < 4.78 is 1.71. The van der Waals surface area contributed by atoms with Gasteiger partial charge in [-0.05, 0) is 56.3 Å². The van der Waals surface area contributed by atoms with Crippen molar-refractivity contribution in [2.24, 2.45) is 0 Å². The molecule has 0 saturated heterocycles. The van der Waals surface area contributed by atoms with Gasteiger partial charge >= 0.3 is 0 Å². The molecular formula is C23H18ClN7OS. The van der Waals surface area contributed by atoms with Gasteiger partial charge in [0.05, 0.1) is 5.69 Å². The molecule has 1 amide bonds. The smallest absolute Gasteiger partial charge is 0.258 e. The van der Waals surface area contributed by atoms with Crippen molar-refractivity contribution in [2.45, 2.75) is 13.8 Å². The third-order valence-corrected chi connectivity index (χ3v) is 5.90. The third kappa shape index (κ3) is 4.55. The molecule has 33 heavy (non-hydrogen) atoms. The number of hydrogen-bond acceptors (Lipinski definition) is 7. The number of hydrogen-bond donors (Lipinski definition) is 2. The zero-order chi connectivity index (χ0) is 22.9. The summed E-state index contributed by atoms with van der Waals surface area (Å²) in [6, 6.07) is 16.4. The van der Waals surface area contributed by atoms with Crippen LogP contribution in [0.3, 0.4) is 0 Å². The molecule has 5 rings (SSSR count). The standard InChI is InChI=1S/C23H18ClN7OS/c1-13-11-14(2)26-21(25-13)27-18-9-5-16(6-10-18)20(32)28-22-29-23-31(30-22)19(12-33-23)15-3-7-17(24)8-4-15/h3-12H,1-2H3,(H,25,26,27)(H,28,30,32).